The third-order valence-electron chi connectivity index (χ3n) is 6.85. The largest absolute Gasteiger partial charge is 0.343 e. The van der Waals surface area contributed by atoms with Gasteiger partial charge in [-0.25, -0.2) is 0 Å². The fourth-order valence-electron chi connectivity index (χ4n) is 3.40. The number of nitrogens with zero attached hydrogens (tertiary/aromatic N) is 1. The molecule has 0 aliphatic carbocycles. The molecule has 152 valence electrons. The molecule has 0 radical (unpaired) electrons. The molecule has 0 saturated heterocycles. The predicted octanol–water partition coefficient (Wildman–Crippen LogP) is 7.88. The van der Waals surface area contributed by atoms with Crippen LogP contribution in [0.4, 0.5) is 0 Å². The Kier molecular flexibility index (Phi) is 10.1. The molecule has 0 aromatic heterocycles. The van der Waals surface area contributed by atoms with Gasteiger partial charge in [0.05, 0.1) is 0 Å². The van der Waals surface area contributed by atoms with Gasteiger partial charge in [-0.2, -0.15) is 0 Å². The number of unbranched alkanes of at least 4 members (excludes halogenated alkanes) is 3. The van der Waals surface area contributed by atoms with Crippen LogP contribution < -0.4 is 0 Å². The number of hydrogen-bond acceptors (Lipinski definition) is 1. The minimum absolute atomic E-state index is 0.307. The molecule has 6 heteroatoms. The molecule has 0 fully saturated rings. The van der Waals surface area contributed by atoms with Crippen LogP contribution in [-0.2, 0) is 0 Å². The molecule has 0 saturated carbocycles. The van der Waals surface area contributed by atoms with Gasteiger partial charge in [-0.15, -0.1) is 22.2 Å². The van der Waals surface area contributed by atoms with Crippen molar-refractivity contribution >= 4 is 46.0 Å². The molecule has 0 bridgehead atoms. The summed E-state index contributed by atoms with van der Waals surface area (Å²) in [6.45, 7) is 27.0. The van der Waals surface area contributed by atoms with Crippen LogP contribution in [0.3, 0.4) is 0 Å². The molecule has 0 amide bonds. The fraction of sp³-hybridized carbons (Fsp3) is 1.00. The summed E-state index contributed by atoms with van der Waals surface area (Å²) in [5.41, 5.74) is 0.418. The van der Waals surface area contributed by atoms with E-state index in [1.54, 1.807) is 0 Å². The molecule has 0 N–H and O–H groups in total. The molecule has 25 heavy (non-hydrogen) atoms. The van der Waals surface area contributed by atoms with E-state index in [-0.39, 0.29) is 0 Å². The van der Waals surface area contributed by atoms with Gasteiger partial charge in [0.25, 0.3) is 7.42 Å². The molecule has 0 aliphatic heterocycles. The Balaban J connectivity index is 6.00. The van der Waals surface area contributed by atoms with Crippen molar-refractivity contribution in [1.82, 2.24) is 4.23 Å². The molecule has 1 unspecified atom stereocenters. The Morgan fingerprint density at radius 2 is 1.20 bits per heavy atom. The molecule has 0 aliphatic rings. The second-order valence-corrected chi connectivity index (χ2v) is 26.3. The van der Waals surface area contributed by atoms with E-state index in [2.05, 4.69) is 78.9 Å². The van der Waals surface area contributed by atoms with Crippen molar-refractivity contribution in [3.8, 4) is 0 Å². The number of halogens is 2. The lowest BCUT2D eigenvalue weighted by atomic mass is 10.1. The fourth-order valence-corrected chi connectivity index (χ4v) is 20.8. The highest BCUT2D eigenvalue weighted by molar-refractivity contribution is 7.34. The smallest absolute Gasteiger partial charge is 0.252 e. The minimum atomic E-state index is -1.80. The summed E-state index contributed by atoms with van der Waals surface area (Å²) in [5.74, 6) is 0. The van der Waals surface area contributed by atoms with Crippen LogP contribution in [0, 0.1) is 0 Å². The van der Waals surface area contributed by atoms with Crippen molar-refractivity contribution in [2.24, 2.45) is 0 Å². The molecule has 0 aromatic rings. The Morgan fingerprint density at radius 1 is 0.800 bits per heavy atom. The summed E-state index contributed by atoms with van der Waals surface area (Å²) in [4.78, 5) is 0. The van der Waals surface area contributed by atoms with Crippen LogP contribution in [0.2, 0.25) is 36.3 Å². The Hall–Kier alpha value is 1.19. The van der Waals surface area contributed by atoms with Gasteiger partial charge in [0, 0.05) is 5.67 Å². The highest BCUT2D eigenvalue weighted by Gasteiger charge is 2.55. The van der Waals surface area contributed by atoms with Crippen molar-refractivity contribution in [3.05, 3.63) is 0 Å². The Labute approximate surface area is 172 Å². The zero-order chi connectivity index (χ0) is 20.3. The van der Waals surface area contributed by atoms with E-state index in [1.165, 1.54) is 32.1 Å². The zero-order valence-corrected chi connectivity index (χ0v) is 23.6. The molecule has 1 nitrogen and oxygen atoms in total. The first kappa shape index (κ1) is 26.2. The van der Waals surface area contributed by atoms with Gasteiger partial charge in [0.1, 0.15) is 16.5 Å². The van der Waals surface area contributed by atoms with E-state index >= 15 is 0 Å². The maximum absolute atomic E-state index is 6.77. The van der Waals surface area contributed by atoms with E-state index in [9.17, 15) is 0 Å². The molecular weight excluding hydrogens is 397 g/mol. The minimum Gasteiger partial charge on any atom is -0.343 e. The monoisotopic (exact) mass is 441 g/mol. The van der Waals surface area contributed by atoms with Crippen LogP contribution in [0.5, 0.6) is 0 Å². The van der Waals surface area contributed by atoms with E-state index in [0.29, 0.717) is 15.7 Å². The summed E-state index contributed by atoms with van der Waals surface area (Å²) in [6.07, 6.45) is 6.36. The van der Waals surface area contributed by atoms with Crippen LogP contribution >= 0.6 is 22.2 Å². The van der Waals surface area contributed by atoms with Crippen molar-refractivity contribution in [1.29, 1.82) is 0 Å². The molecule has 0 spiro atoms. The number of rotatable bonds is 9. The summed E-state index contributed by atoms with van der Waals surface area (Å²) in [7, 11) is -5.22. The maximum Gasteiger partial charge on any atom is 0.252 e. The highest BCUT2D eigenvalue weighted by atomic mass is 35.7. The SMILES string of the molecule is CCCCCCC(N([Si](C)(C)C(C)(C)C)[Si](C)(C)C(C)(C)C)[SiH](Cl)Cl. The van der Waals surface area contributed by atoms with E-state index < -0.39 is 23.9 Å². The lowest BCUT2D eigenvalue weighted by Gasteiger charge is -2.60. The van der Waals surface area contributed by atoms with Crippen molar-refractivity contribution < 1.29 is 0 Å². The quantitative estimate of drug-likeness (QED) is 0.199. The van der Waals surface area contributed by atoms with E-state index in [4.69, 9.17) is 22.2 Å². The zero-order valence-electron chi connectivity index (χ0n) is 18.9. The van der Waals surface area contributed by atoms with Crippen LogP contribution in [0.15, 0.2) is 0 Å². The molecule has 0 aromatic carbocycles. The first-order valence-electron chi connectivity index (χ1n) is 10.1. The van der Waals surface area contributed by atoms with Crippen LogP contribution in [0.1, 0.15) is 80.6 Å². The third-order valence-corrected chi connectivity index (χ3v) is 24.2. The van der Waals surface area contributed by atoms with E-state index in [0.717, 1.165) is 0 Å². The van der Waals surface area contributed by atoms with Crippen LogP contribution in [0.25, 0.3) is 0 Å². The van der Waals surface area contributed by atoms with Crippen LogP contribution in [-0.4, -0.2) is 33.8 Å². The third kappa shape index (κ3) is 6.63. The lowest BCUT2D eigenvalue weighted by Crippen LogP contribution is -2.72. The van der Waals surface area contributed by atoms with Gasteiger partial charge in [-0.1, -0.05) is 100 Å². The van der Waals surface area contributed by atoms with Gasteiger partial charge in [-0.3, -0.25) is 0 Å². The topological polar surface area (TPSA) is 3.24 Å². The number of hydrogen-bond donors (Lipinski definition) is 0. The Bertz CT molecular complexity index is 372. The predicted molar refractivity (Wildman–Crippen MR) is 128 cm³/mol. The van der Waals surface area contributed by atoms with Gasteiger partial charge in [-0.05, 0) is 16.5 Å². The van der Waals surface area contributed by atoms with Gasteiger partial charge in [0.15, 0.2) is 0 Å². The average Bonchev–Trinajstić information content (AvgIpc) is 2.38. The molecule has 0 heterocycles. The van der Waals surface area contributed by atoms with Gasteiger partial charge >= 0.3 is 0 Å². The standard InChI is InChI=1S/C19H45Cl2NSi3/c1-12-13-14-15-16-17(23(20)21)22(24(8,9)18(2,3)4)25(10,11)19(5,6)7/h17,23H,12-16H2,1-11H3. The maximum atomic E-state index is 6.77. The lowest BCUT2D eigenvalue weighted by molar-refractivity contribution is 0.446. The average molecular weight is 443 g/mol. The molecule has 1 atom stereocenters. The second kappa shape index (κ2) is 9.60. The summed E-state index contributed by atoms with van der Waals surface area (Å²) in [5, 5.41) is 0.614. The van der Waals surface area contributed by atoms with Gasteiger partial charge in [0.2, 0.25) is 0 Å². The second-order valence-electron chi connectivity index (χ2n) is 10.7. The Morgan fingerprint density at radius 3 is 1.48 bits per heavy atom. The van der Waals surface area contributed by atoms with Crippen molar-refractivity contribution in [3.63, 3.8) is 0 Å². The van der Waals surface area contributed by atoms with Crippen molar-refractivity contribution in [2.45, 2.75) is 122 Å². The first-order chi connectivity index (χ1) is 11.0. The normalized spacial score (nSPS) is 16.0. The summed E-state index contributed by atoms with van der Waals surface area (Å²) < 4.78 is 2.99. The molecular formula is C19H45Cl2NSi3. The van der Waals surface area contributed by atoms with E-state index in [1.807, 2.05) is 0 Å². The summed E-state index contributed by atoms with van der Waals surface area (Å²) in [6, 6.07) is 0. The molecule has 0 rings (SSSR count). The highest BCUT2D eigenvalue weighted by Crippen LogP contribution is 2.49. The first-order valence-corrected chi connectivity index (χ1v) is 20.1. The van der Waals surface area contributed by atoms with Crippen molar-refractivity contribution in [2.75, 3.05) is 0 Å². The van der Waals surface area contributed by atoms with Gasteiger partial charge < -0.3 is 4.23 Å². The summed E-state index contributed by atoms with van der Waals surface area (Å²) >= 11 is 13.5.